The van der Waals surface area contributed by atoms with Crippen LogP contribution in [0.25, 0.3) is 0 Å². The number of urea groups is 1. The lowest BCUT2D eigenvalue weighted by molar-refractivity contribution is -0.138. The highest BCUT2D eigenvalue weighted by molar-refractivity contribution is 5.94. The number of hydrogen-bond acceptors (Lipinski definition) is 3. The molecule has 0 spiro atoms. The first kappa shape index (κ1) is 20.2. The van der Waals surface area contributed by atoms with E-state index in [0.717, 1.165) is 11.8 Å². The summed E-state index contributed by atoms with van der Waals surface area (Å²) in [5, 5.41) is 9.52. The van der Waals surface area contributed by atoms with Gasteiger partial charge in [0, 0.05) is 25.7 Å². The summed E-state index contributed by atoms with van der Waals surface area (Å²) in [7, 11) is 1.54. The van der Waals surface area contributed by atoms with Crippen molar-refractivity contribution >= 4 is 11.9 Å². The zero-order valence-corrected chi connectivity index (χ0v) is 16.4. The molecule has 0 bridgehead atoms. The third-order valence-corrected chi connectivity index (χ3v) is 5.84. The van der Waals surface area contributed by atoms with E-state index in [0.29, 0.717) is 50.1 Å². The van der Waals surface area contributed by atoms with Gasteiger partial charge in [0.25, 0.3) is 5.91 Å². The number of H-pyrrole nitrogens is 1. The Kier molecular flexibility index (Phi) is 5.17. The predicted molar refractivity (Wildman–Crippen MR) is 102 cm³/mol. The van der Waals surface area contributed by atoms with Crippen LogP contribution in [0.4, 0.5) is 18.0 Å². The number of aromatic nitrogens is 2. The van der Waals surface area contributed by atoms with Gasteiger partial charge in [-0.2, -0.15) is 18.3 Å². The van der Waals surface area contributed by atoms with Crippen molar-refractivity contribution in [3.05, 3.63) is 52.3 Å². The lowest BCUT2D eigenvalue weighted by atomic mass is 9.86. The Morgan fingerprint density at radius 2 is 1.83 bits per heavy atom. The average Bonchev–Trinajstić information content (AvgIpc) is 3.33. The number of nitrogens with zero attached hydrogens (tertiary/aromatic N) is 3. The molecule has 0 atom stereocenters. The van der Waals surface area contributed by atoms with Crippen LogP contribution in [-0.2, 0) is 19.3 Å². The zero-order chi connectivity index (χ0) is 21.5. The third-order valence-electron chi connectivity index (χ3n) is 5.84. The van der Waals surface area contributed by atoms with Gasteiger partial charge < -0.3 is 15.1 Å². The smallest absolute Gasteiger partial charge is 0.341 e. The third kappa shape index (κ3) is 3.61. The molecule has 2 N–H and O–H groups in total. The number of carbonyl (C=O) groups is 2. The minimum atomic E-state index is -4.39. The molecule has 3 heterocycles. The molecule has 160 valence electrons. The van der Waals surface area contributed by atoms with Crippen LogP contribution in [0.15, 0.2) is 24.3 Å². The van der Waals surface area contributed by atoms with Crippen molar-refractivity contribution in [2.45, 2.75) is 38.0 Å². The molecule has 7 nitrogen and oxygen atoms in total. The number of fused-ring (bicyclic) bond motifs is 1. The van der Waals surface area contributed by atoms with Crippen LogP contribution in [0, 0.1) is 0 Å². The molecule has 0 aliphatic carbocycles. The van der Waals surface area contributed by atoms with E-state index in [2.05, 4.69) is 15.5 Å². The summed E-state index contributed by atoms with van der Waals surface area (Å²) < 4.78 is 40.0. The normalized spacial score (nSPS) is 17.2. The molecular formula is C20H22F3N5O2. The van der Waals surface area contributed by atoms with Gasteiger partial charge in [-0.15, -0.1) is 0 Å². The van der Waals surface area contributed by atoms with Gasteiger partial charge in [-0.1, -0.05) is 18.2 Å². The molecule has 3 amide bonds. The molecule has 10 heteroatoms. The highest BCUT2D eigenvalue weighted by Gasteiger charge is 2.37. The maximum absolute atomic E-state index is 13.3. The van der Waals surface area contributed by atoms with Crippen molar-refractivity contribution in [2.75, 3.05) is 20.1 Å². The second kappa shape index (κ2) is 7.66. The number of nitrogens with one attached hydrogen (secondary N) is 2. The standard InChI is InChI=1S/C20H22F3N5O2/c1-24-19(30)28-10-14-16(11-28)25-26-17(14)18(29)27-8-6-12(7-9-27)13-4-2-3-5-15(13)20(21,22)23/h2-5,12H,6-11H2,1H3,(H,24,30)(H,25,26). The summed E-state index contributed by atoms with van der Waals surface area (Å²) in [5.41, 5.74) is 1.41. The molecule has 0 unspecified atom stereocenters. The second-order valence-electron chi connectivity index (χ2n) is 7.59. The molecule has 1 saturated heterocycles. The highest BCUT2D eigenvalue weighted by atomic mass is 19.4. The Balaban J connectivity index is 1.45. The molecule has 1 aromatic carbocycles. The summed E-state index contributed by atoms with van der Waals surface area (Å²) in [6, 6.07) is 5.41. The molecule has 30 heavy (non-hydrogen) atoms. The largest absolute Gasteiger partial charge is 0.416 e. The van der Waals surface area contributed by atoms with E-state index in [-0.39, 0.29) is 23.6 Å². The number of rotatable bonds is 2. The van der Waals surface area contributed by atoms with Gasteiger partial charge in [0.2, 0.25) is 0 Å². The van der Waals surface area contributed by atoms with Crippen LogP contribution in [-0.4, -0.2) is 52.1 Å². The SMILES string of the molecule is CNC(=O)N1Cc2[nH]nc(C(=O)N3CCC(c4ccccc4C(F)(F)F)CC3)c2C1. The zero-order valence-electron chi connectivity index (χ0n) is 16.4. The van der Waals surface area contributed by atoms with Crippen molar-refractivity contribution < 1.29 is 22.8 Å². The Bertz CT molecular complexity index is 964. The lowest BCUT2D eigenvalue weighted by Gasteiger charge is -2.33. The quantitative estimate of drug-likeness (QED) is 0.782. The summed E-state index contributed by atoms with van der Waals surface area (Å²) in [4.78, 5) is 28.0. The van der Waals surface area contributed by atoms with E-state index in [4.69, 9.17) is 0 Å². The number of likely N-dealkylation sites (tertiary alicyclic amines) is 1. The summed E-state index contributed by atoms with van der Waals surface area (Å²) in [6.07, 6.45) is -3.48. The number of halogens is 3. The van der Waals surface area contributed by atoms with Crippen LogP contribution in [0.2, 0.25) is 0 Å². The first-order valence-corrected chi connectivity index (χ1v) is 9.77. The minimum absolute atomic E-state index is 0.234. The van der Waals surface area contributed by atoms with Crippen LogP contribution in [0.5, 0.6) is 0 Å². The molecule has 2 aliphatic heterocycles. The number of piperidine rings is 1. The van der Waals surface area contributed by atoms with Crippen molar-refractivity contribution in [1.82, 2.24) is 25.3 Å². The number of benzene rings is 1. The highest BCUT2D eigenvalue weighted by Crippen LogP contribution is 2.39. The van der Waals surface area contributed by atoms with E-state index in [1.54, 1.807) is 22.9 Å². The second-order valence-corrected chi connectivity index (χ2v) is 7.59. The minimum Gasteiger partial charge on any atom is -0.341 e. The summed E-state index contributed by atoms with van der Waals surface area (Å²) in [5.74, 6) is -0.505. The van der Waals surface area contributed by atoms with E-state index < -0.39 is 11.7 Å². The van der Waals surface area contributed by atoms with Crippen molar-refractivity contribution in [1.29, 1.82) is 0 Å². The molecular weight excluding hydrogens is 399 g/mol. The van der Waals surface area contributed by atoms with Crippen molar-refractivity contribution in [3.63, 3.8) is 0 Å². The molecule has 0 radical (unpaired) electrons. The number of aromatic amines is 1. The molecule has 4 rings (SSSR count). The first-order valence-electron chi connectivity index (χ1n) is 9.77. The summed E-state index contributed by atoms with van der Waals surface area (Å²) in [6.45, 7) is 1.36. The average molecular weight is 421 g/mol. The van der Waals surface area contributed by atoms with Gasteiger partial charge >= 0.3 is 12.2 Å². The van der Waals surface area contributed by atoms with E-state index in [1.165, 1.54) is 12.1 Å². The van der Waals surface area contributed by atoms with Crippen molar-refractivity contribution in [2.24, 2.45) is 0 Å². The van der Waals surface area contributed by atoms with Crippen LogP contribution in [0.1, 0.15) is 51.6 Å². The Morgan fingerprint density at radius 3 is 2.50 bits per heavy atom. The van der Waals surface area contributed by atoms with Gasteiger partial charge in [-0.3, -0.25) is 9.89 Å². The van der Waals surface area contributed by atoms with Gasteiger partial charge in [0.05, 0.1) is 24.3 Å². The Labute approximate surface area is 171 Å². The van der Waals surface area contributed by atoms with Gasteiger partial charge in [-0.25, -0.2) is 4.79 Å². The van der Waals surface area contributed by atoms with Gasteiger partial charge in [0.1, 0.15) is 0 Å². The maximum Gasteiger partial charge on any atom is 0.416 e. The number of hydrogen-bond donors (Lipinski definition) is 2. The lowest BCUT2D eigenvalue weighted by Crippen LogP contribution is -2.39. The van der Waals surface area contributed by atoms with Crippen molar-refractivity contribution in [3.8, 4) is 0 Å². The van der Waals surface area contributed by atoms with Crippen LogP contribution >= 0.6 is 0 Å². The Hall–Kier alpha value is -3.04. The monoisotopic (exact) mass is 421 g/mol. The number of amides is 3. The van der Waals surface area contributed by atoms with E-state index in [9.17, 15) is 22.8 Å². The molecule has 2 aliphatic rings. The molecule has 1 aromatic heterocycles. The predicted octanol–water partition coefficient (Wildman–Crippen LogP) is 3.10. The maximum atomic E-state index is 13.3. The fourth-order valence-electron chi connectivity index (χ4n) is 4.27. The van der Waals surface area contributed by atoms with Gasteiger partial charge in [-0.05, 0) is 30.4 Å². The molecule has 1 fully saturated rings. The number of alkyl halides is 3. The van der Waals surface area contributed by atoms with Crippen LogP contribution in [0.3, 0.4) is 0 Å². The fraction of sp³-hybridized carbons (Fsp3) is 0.450. The topological polar surface area (TPSA) is 81.3 Å². The van der Waals surface area contributed by atoms with E-state index in [1.807, 2.05) is 0 Å². The fourth-order valence-corrected chi connectivity index (χ4v) is 4.27. The van der Waals surface area contributed by atoms with Crippen LogP contribution < -0.4 is 5.32 Å². The molecule has 2 aromatic rings. The molecule has 0 saturated carbocycles. The first-order chi connectivity index (χ1) is 14.3. The van der Waals surface area contributed by atoms with Gasteiger partial charge in [0.15, 0.2) is 5.69 Å². The number of carbonyl (C=O) groups excluding carboxylic acids is 2. The Morgan fingerprint density at radius 1 is 1.13 bits per heavy atom. The van der Waals surface area contributed by atoms with E-state index >= 15 is 0 Å². The summed E-state index contributed by atoms with van der Waals surface area (Å²) >= 11 is 0.